The van der Waals surface area contributed by atoms with Crippen LogP contribution in [0.3, 0.4) is 0 Å². The molecule has 198 valence electrons. The van der Waals surface area contributed by atoms with E-state index in [1.54, 1.807) is 24.3 Å². The van der Waals surface area contributed by atoms with Crippen LogP contribution in [-0.2, 0) is 10.0 Å². The molecule has 4 rings (SSSR count). The van der Waals surface area contributed by atoms with E-state index >= 15 is 0 Å². The first-order valence-corrected chi connectivity index (χ1v) is 13.7. The SMILES string of the molecule is O=C(N/N=C\c1cccc(OC(=O)c2ccc(Cl)cc2Cl)c1)c1ccc(NS(=O)(=O)c2ccc(Cl)cc2)cc1. The molecule has 0 unspecified atom stereocenters. The minimum Gasteiger partial charge on any atom is -0.423 e. The van der Waals surface area contributed by atoms with Crippen molar-refractivity contribution in [3.63, 3.8) is 0 Å². The number of ether oxygens (including phenoxy) is 1. The maximum absolute atomic E-state index is 12.5. The summed E-state index contributed by atoms with van der Waals surface area (Å²) in [7, 11) is -3.81. The Morgan fingerprint density at radius 2 is 1.51 bits per heavy atom. The Labute approximate surface area is 239 Å². The van der Waals surface area contributed by atoms with Crippen LogP contribution in [0.2, 0.25) is 15.1 Å². The van der Waals surface area contributed by atoms with Gasteiger partial charge in [0.2, 0.25) is 0 Å². The molecule has 0 aliphatic heterocycles. The van der Waals surface area contributed by atoms with E-state index in [1.165, 1.54) is 72.9 Å². The number of halogens is 3. The molecule has 0 aliphatic rings. The van der Waals surface area contributed by atoms with E-state index in [2.05, 4.69) is 15.2 Å². The number of esters is 1. The van der Waals surface area contributed by atoms with Gasteiger partial charge in [-0.05, 0) is 84.4 Å². The summed E-state index contributed by atoms with van der Waals surface area (Å²) in [5.74, 6) is -0.922. The second-order valence-electron chi connectivity index (χ2n) is 7.92. The first-order valence-electron chi connectivity index (χ1n) is 11.1. The Hall–Kier alpha value is -3.89. The second-order valence-corrected chi connectivity index (χ2v) is 10.9. The highest BCUT2D eigenvalue weighted by Crippen LogP contribution is 2.23. The van der Waals surface area contributed by atoms with Gasteiger partial charge in [-0.15, -0.1) is 0 Å². The van der Waals surface area contributed by atoms with Crippen LogP contribution in [0.4, 0.5) is 5.69 Å². The molecule has 0 saturated carbocycles. The number of anilines is 1. The molecule has 0 aliphatic carbocycles. The lowest BCUT2D eigenvalue weighted by atomic mass is 10.2. The Morgan fingerprint density at radius 3 is 2.21 bits per heavy atom. The van der Waals surface area contributed by atoms with Gasteiger partial charge in [-0.1, -0.05) is 46.9 Å². The van der Waals surface area contributed by atoms with Crippen LogP contribution in [-0.4, -0.2) is 26.5 Å². The molecule has 0 bridgehead atoms. The van der Waals surface area contributed by atoms with Gasteiger partial charge in [0.15, 0.2) is 0 Å². The van der Waals surface area contributed by atoms with Crippen LogP contribution in [0.1, 0.15) is 26.3 Å². The Balaban J connectivity index is 1.34. The molecule has 0 heterocycles. The maximum Gasteiger partial charge on any atom is 0.345 e. The molecule has 0 fully saturated rings. The molecular formula is C27H18Cl3N3O5S. The summed E-state index contributed by atoms with van der Waals surface area (Å²) in [5.41, 5.74) is 3.63. The molecule has 0 spiro atoms. The highest BCUT2D eigenvalue weighted by atomic mass is 35.5. The topological polar surface area (TPSA) is 114 Å². The normalized spacial score (nSPS) is 11.3. The molecule has 1 amide bonds. The van der Waals surface area contributed by atoms with Crippen LogP contribution >= 0.6 is 34.8 Å². The lowest BCUT2D eigenvalue weighted by Gasteiger charge is -2.09. The number of rotatable bonds is 8. The molecule has 0 radical (unpaired) electrons. The summed E-state index contributed by atoms with van der Waals surface area (Å²) in [6.07, 6.45) is 1.37. The van der Waals surface area contributed by atoms with E-state index in [9.17, 15) is 18.0 Å². The number of amides is 1. The lowest BCUT2D eigenvalue weighted by molar-refractivity contribution is 0.0734. The minimum absolute atomic E-state index is 0.0515. The van der Waals surface area contributed by atoms with E-state index in [-0.39, 0.29) is 32.5 Å². The summed E-state index contributed by atoms with van der Waals surface area (Å²) >= 11 is 17.7. The molecular weight excluding hydrogens is 585 g/mol. The van der Waals surface area contributed by atoms with Crippen molar-refractivity contribution in [3.8, 4) is 5.75 Å². The summed E-state index contributed by atoms with van der Waals surface area (Å²) < 4.78 is 32.8. The number of carbonyl (C=O) groups is 2. The van der Waals surface area contributed by atoms with Gasteiger partial charge in [0, 0.05) is 21.3 Å². The fourth-order valence-corrected chi connectivity index (χ4v) is 4.89. The number of hydrogen-bond acceptors (Lipinski definition) is 6. The van der Waals surface area contributed by atoms with Crippen molar-refractivity contribution in [1.82, 2.24) is 5.43 Å². The lowest BCUT2D eigenvalue weighted by Crippen LogP contribution is -2.18. The van der Waals surface area contributed by atoms with E-state index < -0.39 is 21.9 Å². The van der Waals surface area contributed by atoms with Gasteiger partial charge in [-0.2, -0.15) is 5.10 Å². The third kappa shape index (κ3) is 7.58. The standard InChI is InChI=1S/C27H18Cl3N3O5S/c28-19-6-11-23(12-7-19)39(36,37)33-21-9-4-18(5-10-21)26(34)32-31-16-17-2-1-3-22(14-17)38-27(35)24-13-8-20(29)15-25(24)30/h1-16,33H,(H,32,34)/b31-16-. The predicted octanol–water partition coefficient (Wildman–Crippen LogP) is 6.43. The summed E-state index contributed by atoms with van der Waals surface area (Å²) in [6, 6.07) is 22.5. The summed E-state index contributed by atoms with van der Waals surface area (Å²) in [6.45, 7) is 0. The van der Waals surface area contributed by atoms with Crippen molar-refractivity contribution in [2.24, 2.45) is 5.10 Å². The van der Waals surface area contributed by atoms with Crippen molar-refractivity contribution in [3.05, 3.63) is 123 Å². The van der Waals surface area contributed by atoms with Gasteiger partial charge in [0.05, 0.1) is 21.7 Å². The fraction of sp³-hybridized carbons (Fsp3) is 0. The quantitative estimate of drug-likeness (QED) is 0.104. The number of nitrogens with zero attached hydrogens (tertiary/aromatic N) is 1. The van der Waals surface area contributed by atoms with Crippen molar-refractivity contribution in [1.29, 1.82) is 0 Å². The molecule has 0 saturated heterocycles. The molecule has 0 aromatic heterocycles. The molecule has 2 N–H and O–H groups in total. The zero-order valence-corrected chi connectivity index (χ0v) is 22.9. The first kappa shape index (κ1) is 28.1. The third-order valence-electron chi connectivity index (χ3n) is 5.12. The number of nitrogens with one attached hydrogen (secondary N) is 2. The van der Waals surface area contributed by atoms with Gasteiger partial charge in [0.1, 0.15) is 5.75 Å². The Bertz CT molecular complexity index is 1660. The van der Waals surface area contributed by atoms with Gasteiger partial charge >= 0.3 is 5.97 Å². The third-order valence-corrected chi connectivity index (χ3v) is 7.32. The van der Waals surface area contributed by atoms with E-state index in [4.69, 9.17) is 39.5 Å². The predicted molar refractivity (Wildman–Crippen MR) is 152 cm³/mol. The van der Waals surface area contributed by atoms with Crippen LogP contribution in [0.15, 0.2) is 101 Å². The largest absolute Gasteiger partial charge is 0.423 e. The molecule has 4 aromatic carbocycles. The number of hydrogen-bond donors (Lipinski definition) is 2. The van der Waals surface area contributed by atoms with E-state index in [1.807, 2.05) is 0 Å². The average molecular weight is 603 g/mol. The van der Waals surface area contributed by atoms with Gasteiger partial charge < -0.3 is 4.74 Å². The second kappa shape index (κ2) is 12.3. The Morgan fingerprint density at radius 1 is 0.821 bits per heavy atom. The summed E-state index contributed by atoms with van der Waals surface area (Å²) in [4.78, 5) is 24.9. The maximum atomic E-state index is 12.5. The zero-order valence-electron chi connectivity index (χ0n) is 19.8. The Kier molecular flexibility index (Phi) is 8.88. The van der Waals surface area contributed by atoms with Gasteiger partial charge in [0.25, 0.3) is 15.9 Å². The van der Waals surface area contributed by atoms with Crippen LogP contribution in [0, 0.1) is 0 Å². The van der Waals surface area contributed by atoms with Gasteiger partial charge in [-0.3, -0.25) is 9.52 Å². The highest BCUT2D eigenvalue weighted by molar-refractivity contribution is 7.92. The molecule has 0 atom stereocenters. The number of hydrazone groups is 1. The highest BCUT2D eigenvalue weighted by Gasteiger charge is 2.15. The smallest absolute Gasteiger partial charge is 0.345 e. The van der Waals surface area contributed by atoms with Crippen molar-refractivity contribution < 1.29 is 22.7 Å². The number of carbonyl (C=O) groups excluding carboxylic acids is 2. The average Bonchev–Trinajstić information content (AvgIpc) is 2.89. The molecule has 12 heteroatoms. The van der Waals surface area contributed by atoms with E-state index in [0.717, 1.165) is 0 Å². The number of sulfonamides is 1. The van der Waals surface area contributed by atoms with Gasteiger partial charge in [-0.25, -0.2) is 18.6 Å². The molecule has 4 aromatic rings. The van der Waals surface area contributed by atoms with Crippen LogP contribution in [0.5, 0.6) is 5.75 Å². The first-order chi connectivity index (χ1) is 18.6. The minimum atomic E-state index is -3.81. The van der Waals surface area contributed by atoms with Crippen molar-refractivity contribution in [2.45, 2.75) is 4.90 Å². The summed E-state index contributed by atoms with van der Waals surface area (Å²) in [5, 5.41) is 4.91. The van der Waals surface area contributed by atoms with Crippen LogP contribution < -0.4 is 14.9 Å². The fourth-order valence-electron chi connectivity index (χ4n) is 3.22. The van der Waals surface area contributed by atoms with Crippen molar-refractivity contribution in [2.75, 3.05) is 4.72 Å². The van der Waals surface area contributed by atoms with Crippen molar-refractivity contribution >= 4 is 68.6 Å². The monoisotopic (exact) mass is 601 g/mol. The van der Waals surface area contributed by atoms with Crippen LogP contribution in [0.25, 0.3) is 0 Å². The van der Waals surface area contributed by atoms with E-state index in [0.29, 0.717) is 15.6 Å². The molecule has 39 heavy (non-hydrogen) atoms. The number of benzene rings is 4. The molecule has 8 nitrogen and oxygen atoms in total. The zero-order chi connectivity index (χ0) is 28.0.